The van der Waals surface area contributed by atoms with Gasteiger partial charge < -0.3 is 5.32 Å². The van der Waals surface area contributed by atoms with Gasteiger partial charge in [-0.3, -0.25) is 4.99 Å². The molecule has 1 aliphatic carbocycles. The summed E-state index contributed by atoms with van der Waals surface area (Å²) in [7, 11) is 0. The van der Waals surface area contributed by atoms with Gasteiger partial charge in [-0.2, -0.15) is 0 Å². The van der Waals surface area contributed by atoms with E-state index in [4.69, 9.17) is 0 Å². The summed E-state index contributed by atoms with van der Waals surface area (Å²) in [4.78, 5) is 19.4. The molecule has 1 saturated carbocycles. The Kier molecular flexibility index (Phi) is 8.87. The molecule has 0 atom stereocenters. The van der Waals surface area contributed by atoms with Gasteiger partial charge in [0, 0.05) is 18.3 Å². The molecule has 0 aromatic heterocycles. The zero-order valence-electron chi connectivity index (χ0n) is 15.4. The lowest BCUT2D eigenvalue weighted by Gasteiger charge is -2.30. The van der Waals surface area contributed by atoms with E-state index in [2.05, 4.69) is 29.9 Å². The van der Waals surface area contributed by atoms with E-state index in [1.54, 1.807) is 22.7 Å². The molecule has 1 N–H and O–H groups in total. The van der Waals surface area contributed by atoms with Gasteiger partial charge in [0.25, 0.3) is 0 Å². The molecule has 0 aromatic carbocycles. The SMILES string of the molecule is C=C/C=C(\C=CCCC)N(C(=O)NC1CCCCC1)C1=NCCCS1. The van der Waals surface area contributed by atoms with E-state index < -0.39 is 0 Å². The molecule has 0 saturated heterocycles. The molecule has 0 radical (unpaired) electrons. The van der Waals surface area contributed by atoms with Crippen molar-refractivity contribution in [3.05, 3.63) is 36.6 Å². The normalized spacial score (nSPS) is 19.6. The van der Waals surface area contributed by atoms with Crippen molar-refractivity contribution in [2.75, 3.05) is 12.3 Å². The van der Waals surface area contributed by atoms with E-state index in [1.165, 1.54) is 19.3 Å². The van der Waals surface area contributed by atoms with E-state index >= 15 is 0 Å². The summed E-state index contributed by atoms with van der Waals surface area (Å²) in [5, 5.41) is 4.03. The van der Waals surface area contributed by atoms with Crippen LogP contribution in [0.15, 0.2) is 41.6 Å². The molecule has 0 spiro atoms. The summed E-state index contributed by atoms with van der Waals surface area (Å²) < 4.78 is 0. The van der Waals surface area contributed by atoms with Crippen LogP contribution in [-0.2, 0) is 0 Å². The van der Waals surface area contributed by atoms with Crippen LogP contribution in [-0.4, -0.2) is 34.4 Å². The third-order valence-electron chi connectivity index (χ3n) is 4.40. The van der Waals surface area contributed by atoms with Crippen LogP contribution in [0.1, 0.15) is 58.3 Å². The van der Waals surface area contributed by atoms with Crippen LogP contribution in [0.25, 0.3) is 0 Å². The Morgan fingerprint density at radius 3 is 2.80 bits per heavy atom. The zero-order chi connectivity index (χ0) is 17.9. The summed E-state index contributed by atoms with van der Waals surface area (Å²) in [5.41, 5.74) is 0.838. The Balaban J connectivity index is 2.20. The lowest BCUT2D eigenvalue weighted by Crippen LogP contribution is -2.47. The molecular weight excluding hydrogens is 330 g/mol. The van der Waals surface area contributed by atoms with Crippen LogP contribution in [0.5, 0.6) is 0 Å². The highest BCUT2D eigenvalue weighted by Gasteiger charge is 2.26. The van der Waals surface area contributed by atoms with Crippen molar-refractivity contribution >= 4 is 23.0 Å². The lowest BCUT2D eigenvalue weighted by molar-refractivity contribution is 0.220. The number of hydrogen-bond donors (Lipinski definition) is 1. The summed E-state index contributed by atoms with van der Waals surface area (Å²) in [6.07, 6.45) is 16.7. The van der Waals surface area contributed by atoms with Gasteiger partial charge in [0.05, 0.1) is 5.70 Å². The third kappa shape index (κ3) is 6.38. The Labute approximate surface area is 156 Å². The highest BCUT2D eigenvalue weighted by molar-refractivity contribution is 8.13. The average Bonchev–Trinajstić information content (AvgIpc) is 2.64. The molecule has 138 valence electrons. The van der Waals surface area contributed by atoms with Crippen molar-refractivity contribution in [2.24, 2.45) is 4.99 Å². The number of amides is 2. The van der Waals surface area contributed by atoms with E-state index in [1.807, 2.05) is 12.2 Å². The van der Waals surface area contributed by atoms with Crippen molar-refractivity contribution in [1.29, 1.82) is 0 Å². The maximum atomic E-state index is 13.1. The molecule has 0 aromatic rings. The smallest absolute Gasteiger partial charge is 0.328 e. The van der Waals surface area contributed by atoms with Crippen molar-refractivity contribution in [1.82, 2.24) is 10.2 Å². The van der Waals surface area contributed by atoms with E-state index in [0.717, 1.165) is 55.3 Å². The van der Waals surface area contributed by atoms with E-state index in [9.17, 15) is 4.79 Å². The number of allylic oxidation sites excluding steroid dienone is 4. The van der Waals surface area contributed by atoms with Crippen molar-refractivity contribution in [3.8, 4) is 0 Å². The summed E-state index contributed by atoms with van der Waals surface area (Å²) in [6.45, 7) is 6.75. The number of hydrogen-bond acceptors (Lipinski definition) is 3. The minimum Gasteiger partial charge on any atom is -0.335 e. The predicted molar refractivity (Wildman–Crippen MR) is 109 cm³/mol. The molecule has 1 fully saturated rings. The molecule has 1 heterocycles. The van der Waals surface area contributed by atoms with Gasteiger partial charge in [0.1, 0.15) is 0 Å². The summed E-state index contributed by atoms with van der Waals surface area (Å²) in [6, 6.07) is 0.219. The summed E-state index contributed by atoms with van der Waals surface area (Å²) >= 11 is 1.66. The molecule has 0 unspecified atom stereocenters. The fourth-order valence-electron chi connectivity index (χ4n) is 3.08. The van der Waals surface area contributed by atoms with Gasteiger partial charge in [0.2, 0.25) is 0 Å². The van der Waals surface area contributed by atoms with Crippen LogP contribution in [0.4, 0.5) is 4.79 Å². The molecule has 2 rings (SSSR count). The monoisotopic (exact) mass is 361 g/mol. The number of carbonyl (C=O) groups excluding carboxylic acids is 1. The van der Waals surface area contributed by atoms with Gasteiger partial charge in [0.15, 0.2) is 5.17 Å². The van der Waals surface area contributed by atoms with Crippen molar-refractivity contribution in [3.63, 3.8) is 0 Å². The molecule has 5 heteroatoms. The fraction of sp³-hybridized carbons (Fsp3) is 0.600. The first kappa shape index (κ1) is 19.8. The first-order valence-electron chi connectivity index (χ1n) is 9.53. The number of aliphatic imine (C=N–C) groups is 1. The second kappa shape index (κ2) is 11.2. The van der Waals surface area contributed by atoms with Gasteiger partial charge in [-0.15, -0.1) is 0 Å². The Hall–Kier alpha value is -1.49. The summed E-state index contributed by atoms with van der Waals surface area (Å²) in [5.74, 6) is 1.01. The van der Waals surface area contributed by atoms with Crippen LogP contribution >= 0.6 is 11.8 Å². The van der Waals surface area contributed by atoms with Gasteiger partial charge in [-0.25, -0.2) is 9.69 Å². The minimum atomic E-state index is -0.0608. The Morgan fingerprint density at radius 2 is 2.16 bits per heavy atom. The topological polar surface area (TPSA) is 44.7 Å². The maximum Gasteiger partial charge on any atom is 0.328 e. The Morgan fingerprint density at radius 1 is 1.36 bits per heavy atom. The van der Waals surface area contributed by atoms with E-state index in [-0.39, 0.29) is 12.1 Å². The minimum absolute atomic E-state index is 0.0608. The number of thioether (sulfide) groups is 1. The predicted octanol–water partition coefficient (Wildman–Crippen LogP) is 5.25. The highest BCUT2D eigenvalue weighted by Crippen LogP contribution is 2.23. The number of carbonyl (C=O) groups is 1. The standard InChI is InChI=1S/C20H31N3OS/c1-3-5-7-14-18(11-4-2)23(20-21-15-10-16-25-20)19(24)22-17-12-8-6-9-13-17/h4,7,11,14,17H,2-3,5-6,8-10,12-13,15-16H2,1H3,(H,22,24)/b14-7?,18-11+. The molecule has 25 heavy (non-hydrogen) atoms. The van der Waals surface area contributed by atoms with E-state index in [0.29, 0.717) is 0 Å². The van der Waals surface area contributed by atoms with Crippen LogP contribution in [0, 0.1) is 0 Å². The van der Waals surface area contributed by atoms with Gasteiger partial charge in [-0.1, -0.05) is 63.1 Å². The molecule has 0 bridgehead atoms. The maximum absolute atomic E-state index is 13.1. The van der Waals surface area contributed by atoms with Gasteiger partial charge in [-0.05, 0) is 37.8 Å². The molecule has 1 aliphatic heterocycles. The molecular formula is C20H31N3OS. The number of amidine groups is 1. The molecule has 2 aliphatic rings. The average molecular weight is 362 g/mol. The first-order chi connectivity index (χ1) is 12.3. The molecule has 4 nitrogen and oxygen atoms in total. The van der Waals surface area contributed by atoms with Gasteiger partial charge >= 0.3 is 6.03 Å². The van der Waals surface area contributed by atoms with Crippen LogP contribution < -0.4 is 5.32 Å². The number of nitrogens with one attached hydrogen (secondary N) is 1. The number of nitrogens with zero attached hydrogens (tertiary/aromatic N) is 2. The second-order valence-electron chi connectivity index (χ2n) is 6.50. The number of unbranched alkanes of at least 4 members (excludes halogenated alkanes) is 1. The van der Waals surface area contributed by atoms with Crippen LogP contribution in [0.2, 0.25) is 0 Å². The Bertz CT molecular complexity index is 533. The quantitative estimate of drug-likeness (QED) is 0.657. The first-order valence-corrected chi connectivity index (χ1v) is 10.5. The third-order valence-corrected chi connectivity index (χ3v) is 5.46. The zero-order valence-corrected chi connectivity index (χ0v) is 16.2. The van der Waals surface area contributed by atoms with Crippen molar-refractivity contribution in [2.45, 2.75) is 64.3 Å². The number of rotatable bonds is 6. The fourth-order valence-corrected chi connectivity index (χ4v) is 4.04. The highest BCUT2D eigenvalue weighted by atomic mass is 32.2. The largest absolute Gasteiger partial charge is 0.335 e. The lowest BCUT2D eigenvalue weighted by atomic mass is 9.96. The second-order valence-corrected chi connectivity index (χ2v) is 7.57. The van der Waals surface area contributed by atoms with Crippen molar-refractivity contribution < 1.29 is 4.79 Å². The molecule has 2 amide bonds. The van der Waals surface area contributed by atoms with Crippen LogP contribution in [0.3, 0.4) is 0 Å². The number of urea groups is 1.